The maximum absolute atomic E-state index is 13.8. The van der Waals surface area contributed by atoms with Crippen LogP contribution in [-0.4, -0.2) is 45.2 Å². The van der Waals surface area contributed by atoms with Crippen molar-refractivity contribution in [1.82, 2.24) is 10.2 Å². The van der Waals surface area contributed by atoms with Gasteiger partial charge in [0.25, 0.3) is 0 Å². The highest BCUT2D eigenvalue weighted by Crippen LogP contribution is 2.33. The maximum atomic E-state index is 13.8. The molecule has 3 rings (SSSR count). The van der Waals surface area contributed by atoms with Crippen LogP contribution in [0.25, 0.3) is 0 Å². The summed E-state index contributed by atoms with van der Waals surface area (Å²) in [4.78, 5) is 6.47. The van der Waals surface area contributed by atoms with Crippen LogP contribution in [0, 0.1) is 11.6 Å². The number of hydrogen-bond donors (Lipinski definition) is 1. The third kappa shape index (κ3) is 5.29. The SMILES string of the molecule is CN=C(NCCc1cccc(F)c1F)N1CCc2cc(OC)c(OC)cc2C1.I. The number of guanidine groups is 1. The highest BCUT2D eigenvalue weighted by molar-refractivity contribution is 14.0. The first-order valence-electron chi connectivity index (χ1n) is 9.19. The topological polar surface area (TPSA) is 46.1 Å². The molecule has 0 fully saturated rings. The fourth-order valence-electron chi connectivity index (χ4n) is 3.45. The van der Waals surface area contributed by atoms with Crippen LogP contribution in [-0.2, 0) is 19.4 Å². The number of nitrogens with zero attached hydrogens (tertiary/aromatic N) is 2. The van der Waals surface area contributed by atoms with Crippen LogP contribution >= 0.6 is 24.0 Å². The summed E-state index contributed by atoms with van der Waals surface area (Å²) in [5.41, 5.74) is 2.73. The first-order chi connectivity index (χ1) is 13.6. The Kier molecular flexibility index (Phi) is 8.48. The van der Waals surface area contributed by atoms with E-state index in [9.17, 15) is 8.78 Å². The second-order valence-corrected chi connectivity index (χ2v) is 6.58. The van der Waals surface area contributed by atoms with Crippen LogP contribution in [0.3, 0.4) is 0 Å². The molecule has 2 aromatic rings. The number of rotatable bonds is 5. The van der Waals surface area contributed by atoms with Crippen LogP contribution in [0.1, 0.15) is 16.7 Å². The van der Waals surface area contributed by atoms with Crippen LogP contribution in [0.2, 0.25) is 0 Å². The Morgan fingerprint density at radius 3 is 2.48 bits per heavy atom. The zero-order valence-corrected chi connectivity index (χ0v) is 19.1. The number of methoxy groups -OCH3 is 2. The highest BCUT2D eigenvalue weighted by Gasteiger charge is 2.21. The molecule has 158 valence electrons. The summed E-state index contributed by atoms with van der Waals surface area (Å²) in [6, 6.07) is 8.26. The first-order valence-corrected chi connectivity index (χ1v) is 9.19. The molecule has 1 aliphatic heterocycles. The molecular weight excluding hydrogens is 491 g/mol. The minimum Gasteiger partial charge on any atom is -0.493 e. The van der Waals surface area contributed by atoms with Crippen molar-refractivity contribution in [3.05, 3.63) is 58.7 Å². The Morgan fingerprint density at radius 1 is 1.14 bits per heavy atom. The molecule has 0 saturated carbocycles. The summed E-state index contributed by atoms with van der Waals surface area (Å²) in [6.45, 7) is 1.95. The van der Waals surface area contributed by atoms with E-state index >= 15 is 0 Å². The summed E-state index contributed by atoms with van der Waals surface area (Å²) < 4.78 is 37.9. The number of aliphatic imine (C=N–C) groups is 1. The largest absolute Gasteiger partial charge is 0.493 e. The molecule has 0 spiro atoms. The van der Waals surface area contributed by atoms with Gasteiger partial charge in [0.05, 0.1) is 14.2 Å². The van der Waals surface area contributed by atoms with Gasteiger partial charge in [0.1, 0.15) is 0 Å². The maximum Gasteiger partial charge on any atom is 0.193 e. The van der Waals surface area contributed by atoms with Crippen molar-refractivity contribution in [3.63, 3.8) is 0 Å². The summed E-state index contributed by atoms with van der Waals surface area (Å²) in [7, 11) is 4.97. The van der Waals surface area contributed by atoms with Crippen molar-refractivity contribution in [2.24, 2.45) is 4.99 Å². The lowest BCUT2D eigenvalue weighted by molar-refractivity contribution is 0.346. The number of hydrogen-bond acceptors (Lipinski definition) is 3. The van der Waals surface area contributed by atoms with Gasteiger partial charge in [-0.25, -0.2) is 8.78 Å². The molecule has 0 aromatic heterocycles. The molecule has 2 aromatic carbocycles. The van der Waals surface area contributed by atoms with Crippen molar-refractivity contribution in [2.45, 2.75) is 19.4 Å². The number of ether oxygens (including phenoxy) is 2. The van der Waals surface area contributed by atoms with Crippen LogP contribution in [0.5, 0.6) is 11.5 Å². The zero-order chi connectivity index (χ0) is 20.1. The monoisotopic (exact) mass is 517 g/mol. The van der Waals surface area contributed by atoms with E-state index in [4.69, 9.17) is 9.47 Å². The number of fused-ring (bicyclic) bond motifs is 1. The Labute approximate surface area is 187 Å². The van der Waals surface area contributed by atoms with Crippen LogP contribution < -0.4 is 14.8 Å². The molecule has 0 amide bonds. The standard InChI is InChI=1S/C21H25F2N3O2.HI/c1-24-21(25-9-7-14-5-4-6-17(22)20(14)23)26-10-8-15-11-18(27-2)19(28-3)12-16(15)13-26;/h4-6,11-12H,7-10,13H2,1-3H3,(H,24,25);1H. The van der Waals surface area contributed by atoms with E-state index in [1.165, 1.54) is 11.6 Å². The summed E-state index contributed by atoms with van der Waals surface area (Å²) in [5, 5.41) is 3.25. The van der Waals surface area contributed by atoms with Gasteiger partial charge in [-0.3, -0.25) is 4.99 Å². The Balaban J connectivity index is 0.00000300. The lowest BCUT2D eigenvalue weighted by Gasteiger charge is -2.32. The number of nitrogens with one attached hydrogen (secondary N) is 1. The van der Waals surface area contributed by atoms with E-state index in [2.05, 4.69) is 15.2 Å². The molecule has 0 aliphatic carbocycles. The fourth-order valence-corrected chi connectivity index (χ4v) is 3.45. The lowest BCUT2D eigenvalue weighted by atomic mass is 9.99. The molecule has 0 unspecified atom stereocenters. The second kappa shape index (κ2) is 10.6. The fraction of sp³-hybridized carbons (Fsp3) is 0.381. The van der Waals surface area contributed by atoms with Gasteiger partial charge in [-0.15, -0.1) is 24.0 Å². The average molecular weight is 517 g/mol. The van der Waals surface area contributed by atoms with Gasteiger partial charge < -0.3 is 19.7 Å². The smallest absolute Gasteiger partial charge is 0.193 e. The Hall–Kier alpha value is -2.10. The molecule has 1 N–H and O–H groups in total. The van der Waals surface area contributed by atoms with E-state index in [0.29, 0.717) is 30.8 Å². The predicted octanol–water partition coefficient (Wildman–Crippen LogP) is 3.78. The minimum absolute atomic E-state index is 0. The molecule has 5 nitrogen and oxygen atoms in total. The van der Waals surface area contributed by atoms with Crippen molar-refractivity contribution in [3.8, 4) is 11.5 Å². The van der Waals surface area contributed by atoms with Gasteiger partial charge in [0, 0.05) is 26.7 Å². The molecule has 0 saturated heterocycles. The van der Waals surface area contributed by atoms with Crippen molar-refractivity contribution < 1.29 is 18.3 Å². The van der Waals surface area contributed by atoms with Gasteiger partial charge in [-0.1, -0.05) is 12.1 Å². The highest BCUT2D eigenvalue weighted by atomic mass is 127. The molecule has 0 radical (unpaired) electrons. The summed E-state index contributed by atoms with van der Waals surface area (Å²) in [6.07, 6.45) is 1.23. The van der Waals surface area contributed by atoms with E-state index in [1.807, 2.05) is 12.1 Å². The third-order valence-corrected chi connectivity index (χ3v) is 4.94. The molecule has 29 heavy (non-hydrogen) atoms. The van der Waals surface area contributed by atoms with Gasteiger partial charge in [-0.2, -0.15) is 0 Å². The summed E-state index contributed by atoms with van der Waals surface area (Å²) >= 11 is 0. The Morgan fingerprint density at radius 2 is 1.83 bits per heavy atom. The number of halogens is 3. The number of benzene rings is 2. The van der Waals surface area contributed by atoms with Crippen molar-refractivity contribution in [2.75, 3.05) is 34.4 Å². The molecule has 0 atom stereocenters. The lowest BCUT2D eigenvalue weighted by Crippen LogP contribution is -2.44. The van der Waals surface area contributed by atoms with Crippen molar-refractivity contribution >= 4 is 29.9 Å². The molecular formula is C21H26F2IN3O2. The van der Waals surface area contributed by atoms with Gasteiger partial charge >= 0.3 is 0 Å². The third-order valence-electron chi connectivity index (χ3n) is 4.94. The first kappa shape index (κ1) is 23.2. The van der Waals surface area contributed by atoms with Crippen LogP contribution in [0.15, 0.2) is 35.3 Å². The molecule has 0 bridgehead atoms. The average Bonchev–Trinajstić information content (AvgIpc) is 2.72. The molecule has 1 aliphatic rings. The van der Waals surface area contributed by atoms with E-state index in [1.54, 1.807) is 27.3 Å². The second-order valence-electron chi connectivity index (χ2n) is 6.58. The Bertz CT molecular complexity index is 877. The molecule has 8 heteroatoms. The summed E-state index contributed by atoms with van der Waals surface area (Å²) in [5.74, 6) is 0.560. The normalized spacial score (nSPS) is 13.4. The zero-order valence-electron chi connectivity index (χ0n) is 16.8. The van der Waals surface area contributed by atoms with E-state index < -0.39 is 11.6 Å². The molecule has 1 heterocycles. The van der Waals surface area contributed by atoms with E-state index in [0.717, 1.165) is 36.3 Å². The van der Waals surface area contributed by atoms with Crippen molar-refractivity contribution in [1.29, 1.82) is 0 Å². The van der Waals surface area contributed by atoms with Crippen LogP contribution in [0.4, 0.5) is 8.78 Å². The predicted molar refractivity (Wildman–Crippen MR) is 120 cm³/mol. The van der Waals surface area contributed by atoms with Gasteiger partial charge in [-0.05, 0) is 47.7 Å². The quantitative estimate of drug-likeness (QED) is 0.373. The van der Waals surface area contributed by atoms with E-state index in [-0.39, 0.29) is 24.0 Å². The van der Waals surface area contributed by atoms with Gasteiger partial charge in [0.15, 0.2) is 29.1 Å². The van der Waals surface area contributed by atoms with Gasteiger partial charge in [0.2, 0.25) is 0 Å². The minimum atomic E-state index is -0.820.